The first-order chi connectivity index (χ1) is 14.2. The van der Waals surface area contributed by atoms with E-state index >= 15 is 0 Å². The van der Waals surface area contributed by atoms with E-state index < -0.39 is 0 Å². The van der Waals surface area contributed by atoms with Crippen molar-refractivity contribution >= 4 is 5.96 Å². The fourth-order valence-corrected chi connectivity index (χ4v) is 4.84. The molecule has 1 aromatic carbocycles. The van der Waals surface area contributed by atoms with Crippen LogP contribution in [0.1, 0.15) is 42.9 Å². The number of aryl methyl sites for hydroxylation is 1. The lowest BCUT2D eigenvalue weighted by molar-refractivity contribution is -0.0453. The van der Waals surface area contributed by atoms with Crippen LogP contribution in [0.25, 0.3) is 0 Å². The smallest absolute Gasteiger partial charge is 0.191 e. The van der Waals surface area contributed by atoms with Gasteiger partial charge in [-0.3, -0.25) is 9.89 Å². The number of fused-ring (bicyclic) bond motifs is 1. The van der Waals surface area contributed by atoms with Gasteiger partial charge >= 0.3 is 0 Å². The average Bonchev–Trinajstić information content (AvgIpc) is 3.23. The standard InChI is InChI=1S/C23H36N4O2/c1-17-7-9-18(10-8-17)22-19(5-4-12-28-22)13-25-23(24-2)26-14-21-15-27-11-3-6-20(27)16-29-21/h7-10,19-22H,3-6,11-16H2,1-2H3,(H2,24,25,26). The lowest BCUT2D eigenvalue weighted by Gasteiger charge is -2.35. The fraction of sp³-hybridized carbons (Fsp3) is 0.696. The first-order valence-electron chi connectivity index (χ1n) is 11.2. The number of nitrogens with zero attached hydrogens (tertiary/aromatic N) is 2. The van der Waals surface area contributed by atoms with Gasteiger partial charge < -0.3 is 20.1 Å². The van der Waals surface area contributed by atoms with Crippen molar-refractivity contribution in [2.45, 2.75) is 50.9 Å². The van der Waals surface area contributed by atoms with Crippen LogP contribution < -0.4 is 10.6 Å². The molecular weight excluding hydrogens is 364 g/mol. The molecule has 4 unspecified atom stereocenters. The molecule has 0 aromatic heterocycles. The third-order valence-electron chi connectivity index (χ3n) is 6.56. The summed E-state index contributed by atoms with van der Waals surface area (Å²) in [4.78, 5) is 7.00. The Balaban J connectivity index is 1.26. The zero-order chi connectivity index (χ0) is 20.1. The van der Waals surface area contributed by atoms with Crippen LogP contribution in [0.3, 0.4) is 0 Å². The summed E-state index contributed by atoms with van der Waals surface area (Å²) < 4.78 is 12.2. The molecule has 4 rings (SSSR count). The molecule has 1 aromatic rings. The molecule has 3 fully saturated rings. The summed E-state index contributed by atoms with van der Waals surface area (Å²) in [6, 6.07) is 9.41. The molecule has 0 radical (unpaired) electrons. The number of rotatable bonds is 5. The molecule has 3 aliphatic rings. The van der Waals surface area contributed by atoms with Gasteiger partial charge in [-0.15, -0.1) is 0 Å². The number of ether oxygens (including phenoxy) is 2. The molecule has 0 bridgehead atoms. The van der Waals surface area contributed by atoms with Crippen molar-refractivity contribution in [2.24, 2.45) is 10.9 Å². The van der Waals surface area contributed by atoms with Gasteiger partial charge in [-0.05, 0) is 44.7 Å². The van der Waals surface area contributed by atoms with Crippen molar-refractivity contribution in [3.05, 3.63) is 35.4 Å². The average molecular weight is 401 g/mol. The van der Waals surface area contributed by atoms with Gasteiger partial charge in [0, 0.05) is 45.2 Å². The maximum atomic E-state index is 6.15. The quantitative estimate of drug-likeness (QED) is 0.587. The maximum absolute atomic E-state index is 6.15. The molecule has 6 nitrogen and oxygen atoms in total. The van der Waals surface area contributed by atoms with E-state index in [1.54, 1.807) is 0 Å². The minimum Gasteiger partial charge on any atom is -0.373 e. The monoisotopic (exact) mass is 400 g/mol. The van der Waals surface area contributed by atoms with Crippen molar-refractivity contribution in [1.82, 2.24) is 15.5 Å². The second kappa shape index (κ2) is 9.92. The Morgan fingerprint density at radius 2 is 1.93 bits per heavy atom. The number of hydrogen-bond acceptors (Lipinski definition) is 4. The number of hydrogen-bond donors (Lipinski definition) is 2. The summed E-state index contributed by atoms with van der Waals surface area (Å²) in [6.07, 6.45) is 5.28. The van der Waals surface area contributed by atoms with Gasteiger partial charge in [0.15, 0.2) is 5.96 Å². The Labute approximate surface area is 175 Å². The molecule has 0 aliphatic carbocycles. The molecule has 160 valence electrons. The third kappa shape index (κ3) is 5.30. The molecule has 2 N–H and O–H groups in total. The van der Waals surface area contributed by atoms with E-state index in [1.165, 1.54) is 36.9 Å². The van der Waals surface area contributed by atoms with Crippen molar-refractivity contribution in [2.75, 3.05) is 46.4 Å². The molecule has 29 heavy (non-hydrogen) atoms. The lowest BCUT2D eigenvalue weighted by Crippen LogP contribution is -2.51. The van der Waals surface area contributed by atoms with Crippen LogP contribution in [0.15, 0.2) is 29.3 Å². The predicted octanol–water partition coefficient (Wildman–Crippen LogP) is 2.49. The summed E-state index contributed by atoms with van der Waals surface area (Å²) >= 11 is 0. The zero-order valence-electron chi connectivity index (χ0n) is 17.9. The molecular formula is C23H36N4O2. The topological polar surface area (TPSA) is 58.1 Å². The predicted molar refractivity (Wildman–Crippen MR) is 116 cm³/mol. The minimum atomic E-state index is 0.156. The Hall–Kier alpha value is -1.63. The largest absolute Gasteiger partial charge is 0.373 e. The number of nitrogens with one attached hydrogen (secondary N) is 2. The second-order valence-corrected chi connectivity index (χ2v) is 8.68. The summed E-state index contributed by atoms with van der Waals surface area (Å²) in [5.41, 5.74) is 2.56. The van der Waals surface area contributed by atoms with E-state index in [4.69, 9.17) is 9.47 Å². The minimum absolute atomic E-state index is 0.156. The number of morpholine rings is 1. The van der Waals surface area contributed by atoms with Crippen molar-refractivity contribution in [1.29, 1.82) is 0 Å². The van der Waals surface area contributed by atoms with Crippen LogP contribution in [-0.2, 0) is 9.47 Å². The van der Waals surface area contributed by atoms with E-state index in [0.29, 0.717) is 12.0 Å². The first-order valence-corrected chi connectivity index (χ1v) is 11.2. The van der Waals surface area contributed by atoms with E-state index in [-0.39, 0.29) is 12.2 Å². The highest BCUT2D eigenvalue weighted by Gasteiger charge is 2.32. The van der Waals surface area contributed by atoms with Crippen LogP contribution in [0.2, 0.25) is 0 Å². The summed E-state index contributed by atoms with van der Waals surface area (Å²) in [5, 5.41) is 6.99. The van der Waals surface area contributed by atoms with Crippen LogP contribution in [-0.4, -0.2) is 69.4 Å². The molecule has 0 saturated carbocycles. The molecule has 3 aliphatic heterocycles. The molecule has 4 atom stereocenters. The number of guanidine groups is 1. The van der Waals surface area contributed by atoms with Gasteiger partial charge in [0.1, 0.15) is 0 Å². The summed E-state index contributed by atoms with van der Waals surface area (Å²) in [5.74, 6) is 1.30. The van der Waals surface area contributed by atoms with Crippen molar-refractivity contribution in [3.63, 3.8) is 0 Å². The maximum Gasteiger partial charge on any atom is 0.191 e. The molecule has 3 saturated heterocycles. The van der Waals surface area contributed by atoms with Crippen LogP contribution in [0, 0.1) is 12.8 Å². The third-order valence-corrected chi connectivity index (χ3v) is 6.56. The Morgan fingerprint density at radius 3 is 2.76 bits per heavy atom. The number of benzene rings is 1. The first kappa shape index (κ1) is 20.6. The van der Waals surface area contributed by atoms with Crippen molar-refractivity contribution < 1.29 is 9.47 Å². The summed E-state index contributed by atoms with van der Waals surface area (Å²) in [7, 11) is 1.84. The van der Waals surface area contributed by atoms with Gasteiger partial charge in [0.05, 0.1) is 18.8 Å². The summed E-state index contributed by atoms with van der Waals surface area (Å²) in [6.45, 7) is 7.75. The molecule has 0 spiro atoms. The van der Waals surface area contributed by atoms with Gasteiger partial charge in [0.25, 0.3) is 0 Å². The van der Waals surface area contributed by atoms with Crippen LogP contribution in [0.5, 0.6) is 0 Å². The van der Waals surface area contributed by atoms with E-state index in [0.717, 1.165) is 45.2 Å². The van der Waals surface area contributed by atoms with Gasteiger partial charge in [-0.2, -0.15) is 0 Å². The van der Waals surface area contributed by atoms with Crippen LogP contribution in [0.4, 0.5) is 0 Å². The normalized spacial score (nSPS) is 30.8. The van der Waals surface area contributed by atoms with Gasteiger partial charge in [-0.1, -0.05) is 29.8 Å². The fourth-order valence-electron chi connectivity index (χ4n) is 4.84. The zero-order valence-corrected chi connectivity index (χ0v) is 17.9. The Bertz CT molecular complexity index is 678. The van der Waals surface area contributed by atoms with Crippen molar-refractivity contribution in [3.8, 4) is 0 Å². The van der Waals surface area contributed by atoms with Gasteiger partial charge in [0.2, 0.25) is 0 Å². The second-order valence-electron chi connectivity index (χ2n) is 8.68. The number of aliphatic imine (C=N–C) groups is 1. The van der Waals surface area contributed by atoms with Gasteiger partial charge in [-0.25, -0.2) is 0 Å². The van der Waals surface area contributed by atoms with E-state index in [1.807, 2.05) is 7.05 Å². The highest BCUT2D eigenvalue weighted by molar-refractivity contribution is 5.79. The van der Waals surface area contributed by atoms with E-state index in [9.17, 15) is 0 Å². The highest BCUT2D eigenvalue weighted by Crippen LogP contribution is 2.33. The van der Waals surface area contributed by atoms with E-state index in [2.05, 4.69) is 51.7 Å². The Morgan fingerprint density at radius 1 is 1.10 bits per heavy atom. The Kier molecular flexibility index (Phi) is 7.06. The van der Waals surface area contributed by atoms with Crippen LogP contribution >= 0.6 is 0 Å². The molecule has 3 heterocycles. The highest BCUT2D eigenvalue weighted by atomic mass is 16.5. The molecule has 6 heteroatoms. The lowest BCUT2D eigenvalue weighted by atomic mass is 9.89. The SMILES string of the molecule is CN=C(NCC1CN2CCCC2CO1)NCC1CCCOC1c1ccc(C)cc1. The molecule has 0 amide bonds.